The highest BCUT2D eigenvalue weighted by atomic mass is 16.6. The van der Waals surface area contributed by atoms with Crippen molar-refractivity contribution < 1.29 is 18.5 Å². The summed E-state index contributed by atoms with van der Waals surface area (Å²) in [5, 5.41) is 23.9. The lowest BCUT2D eigenvalue weighted by atomic mass is 9.49. The third kappa shape index (κ3) is 9.44. The molecule has 0 saturated heterocycles. The van der Waals surface area contributed by atoms with Crippen LogP contribution < -0.4 is 0 Å². The van der Waals surface area contributed by atoms with E-state index >= 15 is 0 Å². The highest BCUT2D eigenvalue weighted by Crippen LogP contribution is 2.62. The van der Waals surface area contributed by atoms with Crippen molar-refractivity contribution in [1.29, 1.82) is 0 Å². The number of hydrogen-bond donors (Lipinski definition) is 0. The fraction of sp³-hybridized carbons (Fsp3) is 0.621. The van der Waals surface area contributed by atoms with Crippen molar-refractivity contribution in [3.63, 3.8) is 0 Å². The van der Waals surface area contributed by atoms with Gasteiger partial charge in [-0.2, -0.15) is 15.0 Å². The van der Waals surface area contributed by atoms with Gasteiger partial charge in [-0.1, -0.05) is 39.7 Å². The Bertz CT molecular complexity index is 2590. The fourth-order valence-electron chi connectivity index (χ4n) is 17.5. The molecule has 14 heteroatoms. The minimum Gasteiger partial charge on any atom is -0.339 e. The summed E-state index contributed by atoms with van der Waals surface area (Å²) in [6, 6.07) is 16.8. The van der Waals surface area contributed by atoms with Crippen molar-refractivity contribution in [2.45, 2.75) is 170 Å². The number of aryl methyl sites for hydroxylation is 6. The van der Waals surface area contributed by atoms with Crippen molar-refractivity contribution in [3.8, 4) is 0 Å². The molecule has 1 aromatic carbocycles. The lowest BCUT2D eigenvalue weighted by Crippen LogP contribution is -2.49. The summed E-state index contributed by atoms with van der Waals surface area (Å²) < 4.78 is 16.7. The number of nitro groups is 1. The second kappa shape index (κ2) is 19.0. The molecule has 0 atom stereocenters. The Morgan fingerprint density at radius 2 is 0.861 bits per heavy atom. The summed E-state index contributed by atoms with van der Waals surface area (Å²) in [4.78, 5) is 33.3. The molecular weight excluding hydrogens is 903 g/mol. The molecule has 12 aliphatic rings. The van der Waals surface area contributed by atoms with Crippen LogP contribution in [0, 0.1) is 63.4 Å². The normalized spacial score (nSPS) is 33.9. The molecule has 12 aliphatic carbocycles. The van der Waals surface area contributed by atoms with Crippen LogP contribution in [0.4, 0.5) is 5.69 Å². The first-order valence-electron chi connectivity index (χ1n) is 27.7. The summed E-state index contributed by atoms with van der Waals surface area (Å²) in [6.07, 6.45) is 34.7. The maximum Gasteiger partial charge on any atom is 0.269 e. The standard InChI is InChI=1S/C20H23N3O3.2C19H23N3O/c24-23(25)17-4-1-13(2-5-17)3-6-18-21-19(22-26-18)20-10-14-7-15(11-20)9-16(8-14)12-20;1-2-13(12-20-5-1)3-4-17-21-18(22-23-17)19-9-14-6-15(10-19)8-16(7-14)11-19;1-2-6-20-16(3-1)4-5-17-21-18(22-23-17)19-10-13-7-14(11-19)9-15(8-13)12-19/h1-2,4-5,14-16H,3,6-12H2;1-2,5,12,14-16H,3-4,6-11H2;1-3,6,13-15H,4-5,7-12H2. The first-order chi connectivity index (χ1) is 35.2. The molecule has 0 spiro atoms. The average molecular weight is 972 g/mol. The Hall–Kier alpha value is -5.66. The lowest BCUT2D eigenvalue weighted by molar-refractivity contribution is -0.384. The van der Waals surface area contributed by atoms with Crippen molar-refractivity contribution in [2.24, 2.45) is 53.3 Å². The van der Waals surface area contributed by atoms with Crippen LogP contribution in [0.5, 0.6) is 0 Å². The molecule has 5 heterocycles. The van der Waals surface area contributed by atoms with Crippen LogP contribution in [0.1, 0.15) is 168 Å². The molecular formula is C58H69N9O5. The van der Waals surface area contributed by atoms with E-state index in [0.29, 0.717) is 12.3 Å². The highest BCUT2D eigenvalue weighted by Gasteiger charge is 2.56. The predicted molar refractivity (Wildman–Crippen MR) is 266 cm³/mol. The van der Waals surface area contributed by atoms with Crippen LogP contribution in [-0.2, 0) is 54.8 Å². The molecule has 0 radical (unpaired) electrons. The minimum absolute atomic E-state index is 0.121. The van der Waals surface area contributed by atoms with Gasteiger partial charge in [0.2, 0.25) is 17.7 Å². The SMILES string of the molecule is O=[N+]([O-])c1ccc(CCc2nc(C34CC5CC(CC(C5)C3)C4)no2)cc1.c1ccc(CCc2nc(C34CC5CC(CC(C5)C3)C4)no2)nc1.c1cncc(CCc2nc(C34CC5CC(CC(C5)C3)C4)no2)c1. The minimum atomic E-state index is -0.375. The first kappa shape index (κ1) is 46.1. The van der Waals surface area contributed by atoms with Gasteiger partial charge in [0.05, 0.1) is 4.92 Å². The average Bonchev–Trinajstić information content (AvgIpc) is 4.18. The lowest BCUT2D eigenvalue weighted by Gasteiger charge is -2.55. The molecule has 12 bridgehead atoms. The topological polar surface area (TPSA) is 186 Å². The number of nitro benzene ring substituents is 1. The Morgan fingerprint density at radius 3 is 1.22 bits per heavy atom. The van der Waals surface area contributed by atoms with Crippen molar-refractivity contribution in [1.82, 2.24) is 40.4 Å². The van der Waals surface area contributed by atoms with Crippen LogP contribution in [0.15, 0.2) is 86.8 Å². The van der Waals surface area contributed by atoms with Gasteiger partial charge in [-0.05, 0) is 217 Å². The number of aromatic nitrogens is 8. The Balaban J connectivity index is 0.000000105. The molecule has 12 fully saturated rings. The smallest absolute Gasteiger partial charge is 0.269 e. The van der Waals surface area contributed by atoms with Crippen LogP contribution in [-0.4, -0.2) is 45.3 Å². The van der Waals surface area contributed by atoms with E-state index in [1.165, 1.54) is 121 Å². The summed E-state index contributed by atoms with van der Waals surface area (Å²) in [7, 11) is 0. The molecule has 18 rings (SSSR count). The van der Waals surface area contributed by atoms with Gasteiger partial charge >= 0.3 is 0 Å². The number of nitrogens with zero attached hydrogens (tertiary/aromatic N) is 9. The monoisotopic (exact) mass is 972 g/mol. The molecule has 0 N–H and O–H groups in total. The van der Waals surface area contributed by atoms with Gasteiger partial charge in [-0.15, -0.1) is 0 Å². The number of benzene rings is 1. The molecule has 0 amide bonds. The molecule has 14 nitrogen and oxygen atoms in total. The van der Waals surface area contributed by atoms with E-state index in [2.05, 4.69) is 37.6 Å². The summed E-state index contributed by atoms with van der Waals surface area (Å²) >= 11 is 0. The van der Waals surface area contributed by atoms with E-state index in [9.17, 15) is 10.1 Å². The molecule has 5 aromatic heterocycles. The summed E-state index contributed by atoms with van der Waals surface area (Å²) in [5.41, 5.74) is 4.13. The first-order valence-corrected chi connectivity index (χ1v) is 27.7. The van der Waals surface area contributed by atoms with Crippen molar-refractivity contribution in [3.05, 3.63) is 135 Å². The Morgan fingerprint density at radius 1 is 0.458 bits per heavy atom. The number of rotatable bonds is 13. The quantitative estimate of drug-likeness (QED) is 0.0787. The second-order valence-electron chi connectivity index (χ2n) is 24.7. The molecule has 12 saturated carbocycles. The second-order valence-corrected chi connectivity index (χ2v) is 24.7. The maximum atomic E-state index is 10.7. The zero-order chi connectivity index (χ0) is 48.3. The van der Waals surface area contributed by atoms with E-state index < -0.39 is 0 Å². The van der Waals surface area contributed by atoms with E-state index in [-0.39, 0.29) is 26.9 Å². The fourth-order valence-corrected chi connectivity index (χ4v) is 17.5. The Labute approximate surface area is 421 Å². The van der Waals surface area contributed by atoms with Crippen molar-refractivity contribution in [2.75, 3.05) is 0 Å². The molecule has 0 aliphatic heterocycles. The van der Waals surface area contributed by atoms with E-state index in [1.807, 2.05) is 30.6 Å². The molecule has 0 unspecified atom stereocenters. The van der Waals surface area contributed by atoms with Crippen LogP contribution >= 0.6 is 0 Å². The van der Waals surface area contributed by atoms with Crippen molar-refractivity contribution >= 4 is 5.69 Å². The third-order valence-corrected chi connectivity index (χ3v) is 19.4. The predicted octanol–water partition coefficient (Wildman–Crippen LogP) is 11.7. The zero-order valence-corrected chi connectivity index (χ0v) is 41.7. The zero-order valence-electron chi connectivity index (χ0n) is 41.7. The van der Waals surface area contributed by atoms with Gasteiger partial charge in [0.25, 0.3) is 5.69 Å². The number of pyridine rings is 2. The van der Waals surface area contributed by atoms with Crippen LogP contribution in [0.3, 0.4) is 0 Å². The van der Waals surface area contributed by atoms with E-state index in [4.69, 9.17) is 28.5 Å². The summed E-state index contributed by atoms with van der Waals surface area (Å²) in [6.45, 7) is 0. The van der Waals surface area contributed by atoms with Crippen LogP contribution in [0.25, 0.3) is 0 Å². The molecule has 72 heavy (non-hydrogen) atoms. The third-order valence-electron chi connectivity index (χ3n) is 19.4. The number of non-ortho nitro benzene ring substituents is 1. The van der Waals surface area contributed by atoms with Gasteiger partial charge in [-0.25, -0.2) is 0 Å². The molecule has 376 valence electrons. The van der Waals surface area contributed by atoms with Gasteiger partial charge < -0.3 is 13.6 Å². The van der Waals surface area contributed by atoms with Gasteiger partial charge in [0, 0.05) is 71.9 Å². The van der Waals surface area contributed by atoms with Gasteiger partial charge in [0.15, 0.2) is 17.5 Å². The number of hydrogen-bond acceptors (Lipinski definition) is 13. The van der Waals surface area contributed by atoms with Gasteiger partial charge in [-0.3, -0.25) is 20.1 Å². The van der Waals surface area contributed by atoms with E-state index in [1.54, 1.807) is 30.5 Å². The largest absolute Gasteiger partial charge is 0.339 e. The summed E-state index contributed by atoms with van der Waals surface area (Å²) in [5.74, 6) is 13.3. The maximum absolute atomic E-state index is 10.7. The molecule has 6 aromatic rings. The van der Waals surface area contributed by atoms with Gasteiger partial charge in [0.1, 0.15) is 0 Å². The van der Waals surface area contributed by atoms with Crippen LogP contribution in [0.2, 0.25) is 0 Å². The Kier molecular flexibility index (Phi) is 12.2. The highest BCUT2D eigenvalue weighted by molar-refractivity contribution is 5.33. The van der Waals surface area contributed by atoms with E-state index in [0.717, 1.165) is 126 Å².